The van der Waals surface area contributed by atoms with Gasteiger partial charge in [-0.25, -0.2) is 8.42 Å². The zero-order chi connectivity index (χ0) is 24.2. The summed E-state index contributed by atoms with van der Waals surface area (Å²) < 4.78 is 72.9. The van der Waals surface area contributed by atoms with Gasteiger partial charge in [-0.1, -0.05) is 43.0 Å². The summed E-state index contributed by atoms with van der Waals surface area (Å²) in [5, 5.41) is 2.32. The second-order valence-electron chi connectivity index (χ2n) is 7.73. The number of amides is 1. The minimum atomic E-state index is -4.67. The number of carbonyl (C=O) groups excluding carboxylic acids is 1. The van der Waals surface area contributed by atoms with Crippen LogP contribution < -0.4 is 10.1 Å². The molecule has 3 rings (SSSR count). The lowest BCUT2D eigenvalue weighted by molar-refractivity contribution is -0.137. The fourth-order valence-electron chi connectivity index (χ4n) is 3.89. The number of para-hydroxylation sites is 1. The van der Waals surface area contributed by atoms with E-state index in [1.54, 1.807) is 0 Å². The van der Waals surface area contributed by atoms with E-state index in [1.165, 1.54) is 37.4 Å². The first-order valence-corrected chi connectivity index (χ1v) is 12.2. The lowest BCUT2D eigenvalue weighted by Gasteiger charge is -2.33. The maximum Gasteiger partial charge on any atom is 0.418 e. The molecule has 0 aromatic heterocycles. The van der Waals surface area contributed by atoms with Crippen LogP contribution in [0.1, 0.15) is 37.7 Å². The summed E-state index contributed by atoms with van der Waals surface area (Å²) in [6.45, 7) is -0.622. The Kier molecular flexibility index (Phi) is 7.92. The molecule has 33 heavy (non-hydrogen) atoms. The van der Waals surface area contributed by atoms with Gasteiger partial charge in [-0.05, 0) is 43.2 Å². The third-order valence-corrected chi connectivity index (χ3v) is 7.71. The topological polar surface area (TPSA) is 75.7 Å². The highest BCUT2D eigenvalue weighted by Gasteiger charge is 2.36. The number of halogens is 4. The Hall–Kier alpha value is -2.30. The van der Waals surface area contributed by atoms with Crippen LogP contribution in [0.15, 0.2) is 47.4 Å². The molecule has 0 atom stereocenters. The number of nitrogens with zero attached hydrogens (tertiary/aromatic N) is 1. The zero-order valence-electron chi connectivity index (χ0n) is 17.9. The second kappa shape index (κ2) is 10.3. The maximum atomic E-state index is 13.5. The first-order chi connectivity index (χ1) is 15.5. The lowest BCUT2D eigenvalue weighted by Crippen LogP contribution is -2.45. The van der Waals surface area contributed by atoms with Gasteiger partial charge >= 0.3 is 6.18 Å². The van der Waals surface area contributed by atoms with Crippen LogP contribution in [0.3, 0.4) is 0 Å². The number of hydrogen-bond acceptors (Lipinski definition) is 4. The van der Waals surface area contributed by atoms with E-state index in [0.29, 0.717) is 18.6 Å². The number of sulfonamides is 1. The molecule has 0 aliphatic heterocycles. The molecule has 180 valence electrons. The van der Waals surface area contributed by atoms with Crippen LogP contribution in [0, 0.1) is 0 Å². The number of methoxy groups -OCH3 is 1. The predicted molar refractivity (Wildman–Crippen MR) is 119 cm³/mol. The average molecular weight is 505 g/mol. The van der Waals surface area contributed by atoms with Crippen LogP contribution in [-0.4, -0.2) is 38.3 Å². The van der Waals surface area contributed by atoms with Crippen LogP contribution >= 0.6 is 11.6 Å². The van der Waals surface area contributed by atoms with Crippen molar-refractivity contribution in [2.75, 3.05) is 19.0 Å². The zero-order valence-corrected chi connectivity index (χ0v) is 19.4. The minimum absolute atomic E-state index is 0.0886. The summed E-state index contributed by atoms with van der Waals surface area (Å²) in [7, 11) is -2.77. The Labute approximate surface area is 195 Å². The Morgan fingerprint density at radius 1 is 1.15 bits per heavy atom. The molecule has 0 heterocycles. The smallest absolute Gasteiger partial charge is 0.418 e. The summed E-state index contributed by atoms with van der Waals surface area (Å²) in [5.74, 6) is -0.568. The summed E-state index contributed by atoms with van der Waals surface area (Å²) in [5.41, 5.74) is -1.43. The molecule has 1 aliphatic rings. The number of benzene rings is 2. The predicted octanol–water partition coefficient (Wildman–Crippen LogP) is 5.33. The molecule has 6 nitrogen and oxygen atoms in total. The van der Waals surface area contributed by atoms with Crippen molar-refractivity contribution < 1.29 is 31.1 Å². The fraction of sp³-hybridized carbons (Fsp3) is 0.409. The van der Waals surface area contributed by atoms with Crippen molar-refractivity contribution in [3.63, 3.8) is 0 Å². The second-order valence-corrected chi connectivity index (χ2v) is 10.0. The number of hydrogen-bond donors (Lipinski definition) is 1. The molecule has 2 aromatic carbocycles. The van der Waals surface area contributed by atoms with Gasteiger partial charge in [0.15, 0.2) is 0 Å². The van der Waals surface area contributed by atoms with E-state index >= 15 is 0 Å². The highest BCUT2D eigenvalue weighted by Crippen LogP contribution is 2.35. The first kappa shape index (κ1) is 25.3. The first-order valence-electron chi connectivity index (χ1n) is 10.4. The summed E-state index contributed by atoms with van der Waals surface area (Å²) >= 11 is 6.11. The Morgan fingerprint density at radius 2 is 1.82 bits per heavy atom. The molecule has 1 aliphatic carbocycles. The van der Waals surface area contributed by atoms with Gasteiger partial charge in [-0.2, -0.15) is 17.5 Å². The van der Waals surface area contributed by atoms with E-state index in [2.05, 4.69) is 5.32 Å². The van der Waals surface area contributed by atoms with E-state index in [4.69, 9.17) is 16.3 Å². The van der Waals surface area contributed by atoms with Crippen molar-refractivity contribution in [3.8, 4) is 5.75 Å². The molecule has 1 fully saturated rings. The van der Waals surface area contributed by atoms with Crippen LogP contribution in [0.5, 0.6) is 5.75 Å². The molecular weight excluding hydrogens is 481 g/mol. The number of carbonyl (C=O) groups is 1. The molecule has 11 heteroatoms. The van der Waals surface area contributed by atoms with Gasteiger partial charge in [0.05, 0.1) is 34.8 Å². The van der Waals surface area contributed by atoms with Crippen LogP contribution in [0.4, 0.5) is 18.9 Å². The molecule has 2 aromatic rings. The Balaban J connectivity index is 1.91. The van der Waals surface area contributed by atoms with Gasteiger partial charge in [0.2, 0.25) is 15.9 Å². The Morgan fingerprint density at radius 3 is 2.42 bits per heavy atom. The van der Waals surface area contributed by atoms with Gasteiger partial charge in [0.25, 0.3) is 0 Å². The third kappa shape index (κ3) is 5.99. The van der Waals surface area contributed by atoms with Crippen LogP contribution in [-0.2, 0) is 21.0 Å². The SMILES string of the molecule is COc1ccc(S(=O)(=O)N(CC(=O)Nc2ccccc2C(F)(F)F)C2CCCCC2)cc1Cl. The minimum Gasteiger partial charge on any atom is -0.495 e. The summed E-state index contributed by atoms with van der Waals surface area (Å²) in [6, 6.07) is 8.08. The van der Waals surface area contributed by atoms with E-state index in [-0.39, 0.29) is 9.92 Å². The molecule has 0 spiro atoms. The maximum absolute atomic E-state index is 13.5. The summed E-state index contributed by atoms with van der Waals surface area (Å²) in [4.78, 5) is 12.6. The van der Waals surface area contributed by atoms with Crippen molar-refractivity contribution in [2.24, 2.45) is 0 Å². The number of ether oxygens (including phenoxy) is 1. The number of nitrogens with one attached hydrogen (secondary N) is 1. The molecular formula is C22H24ClF3N2O4S. The number of alkyl halides is 3. The molecule has 1 amide bonds. The monoisotopic (exact) mass is 504 g/mol. The van der Waals surface area contributed by atoms with Gasteiger partial charge in [0, 0.05) is 6.04 Å². The van der Waals surface area contributed by atoms with Crippen molar-refractivity contribution in [1.82, 2.24) is 4.31 Å². The number of rotatable bonds is 7. The van der Waals surface area contributed by atoms with Crippen molar-refractivity contribution >= 4 is 33.2 Å². The molecule has 1 saturated carbocycles. The molecule has 0 unspecified atom stereocenters. The third-order valence-electron chi connectivity index (χ3n) is 5.52. The van der Waals surface area contributed by atoms with Gasteiger partial charge in [-0.15, -0.1) is 0 Å². The lowest BCUT2D eigenvalue weighted by atomic mass is 9.95. The normalized spacial score (nSPS) is 15.5. The highest BCUT2D eigenvalue weighted by molar-refractivity contribution is 7.89. The van der Waals surface area contributed by atoms with Gasteiger partial charge in [-0.3, -0.25) is 4.79 Å². The van der Waals surface area contributed by atoms with E-state index in [0.717, 1.165) is 35.7 Å². The quantitative estimate of drug-likeness (QED) is 0.553. The average Bonchev–Trinajstić information content (AvgIpc) is 2.77. The van der Waals surface area contributed by atoms with Crippen molar-refractivity contribution in [3.05, 3.63) is 53.1 Å². The van der Waals surface area contributed by atoms with E-state index in [1.807, 2.05) is 0 Å². The Bertz CT molecular complexity index is 1100. The molecule has 0 bridgehead atoms. The van der Waals surface area contributed by atoms with Crippen molar-refractivity contribution in [2.45, 2.75) is 49.2 Å². The highest BCUT2D eigenvalue weighted by atomic mass is 35.5. The summed E-state index contributed by atoms with van der Waals surface area (Å²) in [6.07, 6.45) is -1.04. The largest absolute Gasteiger partial charge is 0.495 e. The standard InChI is InChI=1S/C22H24ClF3N2O4S/c1-32-20-12-11-16(13-18(20)23)33(30,31)28(15-7-3-2-4-8-15)14-21(29)27-19-10-6-5-9-17(19)22(24,25)26/h5-6,9-13,15H,2-4,7-8,14H2,1H3,(H,27,29). The number of anilines is 1. The molecule has 0 radical (unpaired) electrons. The molecule has 1 N–H and O–H groups in total. The molecule has 0 saturated heterocycles. The van der Waals surface area contributed by atoms with E-state index < -0.39 is 45.9 Å². The van der Waals surface area contributed by atoms with E-state index in [9.17, 15) is 26.4 Å². The van der Waals surface area contributed by atoms with Crippen molar-refractivity contribution in [1.29, 1.82) is 0 Å². The van der Waals surface area contributed by atoms with Crippen LogP contribution in [0.2, 0.25) is 5.02 Å². The van der Waals surface area contributed by atoms with Crippen LogP contribution in [0.25, 0.3) is 0 Å². The van der Waals surface area contributed by atoms with Gasteiger partial charge < -0.3 is 10.1 Å². The fourth-order valence-corrected chi connectivity index (χ4v) is 5.88. The van der Waals surface area contributed by atoms with Gasteiger partial charge in [0.1, 0.15) is 5.75 Å².